The molecule has 0 saturated carbocycles. The Labute approximate surface area is 118 Å². The van der Waals surface area contributed by atoms with Crippen LogP contribution in [0.4, 0.5) is 25.1 Å². The molecule has 0 saturated heterocycles. The molecule has 1 unspecified atom stereocenters. The van der Waals surface area contributed by atoms with E-state index in [4.69, 9.17) is 11.6 Å². The Hall–Kier alpha value is -1.64. The number of nitrogens with zero attached hydrogens (tertiary/aromatic N) is 3. The maximum Gasteiger partial charge on any atom is 0.408 e. The lowest BCUT2D eigenvalue weighted by Crippen LogP contribution is -2.34. The number of alkyl halides is 3. The molecule has 0 radical (unpaired) electrons. The van der Waals surface area contributed by atoms with Gasteiger partial charge in [-0.15, -0.1) is 0 Å². The predicted octanol–water partition coefficient (Wildman–Crippen LogP) is 2.48. The quantitative estimate of drug-likeness (QED) is 0.893. The molecule has 1 atom stereocenters. The van der Waals surface area contributed by atoms with Crippen LogP contribution in [0.1, 0.15) is 20.8 Å². The Morgan fingerprint density at radius 1 is 1.15 bits per heavy atom. The third-order valence-electron chi connectivity index (χ3n) is 2.20. The summed E-state index contributed by atoms with van der Waals surface area (Å²) in [5.41, 5.74) is 0. The molecule has 1 amide bonds. The van der Waals surface area contributed by atoms with Gasteiger partial charge in [0, 0.05) is 5.92 Å². The summed E-state index contributed by atoms with van der Waals surface area (Å²) in [4.78, 5) is 22.3. The zero-order valence-electron chi connectivity index (χ0n) is 10.9. The minimum absolute atomic E-state index is 0.208. The Balaban J connectivity index is 2.89. The molecule has 2 N–H and O–H groups in total. The summed E-state index contributed by atoms with van der Waals surface area (Å²) >= 11 is 5.58. The number of carbonyl (C=O) groups is 1. The molecule has 1 rings (SSSR count). The average Bonchev–Trinajstić information content (AvgIpc) is 2.26. The first-order valence-corrected chi connectivity index (χ1v) is 6.03. The van der Waals surface area contributed by atoms with Crippen molar-refractivity contribution in [2.24, 2.45) is 5.92 Å². The van der Waals surface area contributed by atoms with Gasteiger partial charge in [0.15, 0.2) is 0 Å². The van der Waals surface area contributed by atoms with Gasteiger partial charge in [0.05, 0.1) is 0 Å². The zero-order chi connectivity index (χ0) is 15.5. The number of rotatable bonds is 4. The van der Waals surface area contributed by atoms with E-state index in [2.05, 4.69) is 20.3 Å². The third kappa shape index (κ3) is 4.80. The Kier molecular flexibility index (Phi) is 5.09. The van der Waals surface area contributed by atoms with E-state index in [-0.39, 0.29) is 29.0 Å². The van der Waals surface area contributed by atoms with Gasteiger partial charge in [0.2, 0.25) is 23.1 Å². The molecule has 1 aromatic heterocycles. The van der Waals surface area contributed by atoms with Gasteiger partial charge in [-0.2, -0.15) is 28.1 Å². The molecule has 0 spiro atoms. The number of halogens is 4. The zero-order valence-corrected chi connectivity index (χ0v) is 11.7. The van der Waals surface area contributed by atoms with Crippen molar-refractivity contribution in [1.82, 2.24) is 15.0 Å². The lowest BCUT2D eigenvalue weighted by Gasteiger charge is -2.17. The van der Waals surface area contributed by atoms with Crippen LogP contribution in [-0.2, 0) is 4.79 Å². The number of nitrogens with one attached hydrogen (secondary N) is 2. The van der Waals surface area contributed by atoms with Crippen molar-refractivity contribution in [2.75, 3.05) is 10.6 Å². The number of amides is 1. The van der Waals surface area contributed by atoms with Crippen molar-refractivity contribution in [1.29, 1.82) is 0 Å². The molecule has 0 fully saturated rings. The van der Waals surface area contributed by atoms with Crippen LogP contribution >= 0.6 is 11.6 Å². The first-order valence-electron chi connectivity index (χ1n) is 5.65. The SMILES string of the molecule is CC(C)C(=O)Nc1nc(Cl)nc(NC(C)C(F)(F)F)n1. The molecule has 6 nitrogen and oxygen atoms in total. The second-order valence-electron chi connectivity index (χ2n) is 4.30. The number of aromatic nitrogens is 3. The molecule has 10 heteroatoms. The van der Waals surface area contributed by atoms with Crippen LogP contribution in [0.2, 0.25) is 5.28 Å². The first kappa shape index (κ1) is 16.4. The fourth-order valence-corrected chi connectivity index (χ4v) is 1.16. The number of anilines is 2. The van der Waals surface area contributed by atoms with Crippen LogP contribution in [0.3, 0.4) is 0 Å². The molecule has 0 aliphatic heterocycles. The van der Waals surface area contributed by atoms with Crippen LogP contribution in [0.25, 0.3) is 0 Å². The Bertz CT molecular complexity index is 494. The van der Waals surface area contributed by atoms with E-state index in [1.165, 1.54) is 0 Å². The highest BCUT2D eigenvalue weighted by Gasteiger charge is 2.36. The molecule has 112 valence electrons. The summed E-state index contributed by atoms with van der Waals surface area (Å²) < 4.78 is 37.2. The van der Waals surface area contributed by atoms with Crippen LogP contribution < -0.4 is 10.6 Å². The fourth-order valence-electron chi connectivity index (χ4n) is 1.00. The molecule has 0 aliphatic rings. The lowest BCUT2D eigenvalue weighted by molar-refractivity contribution is -0.138. The minimum Gasteiger partial charge on any atom is -0.343 e. The predicted molar refractivity (Wildman–Crippen MR) is 67.4 cm³/mol. The molecule has 20 heavy (non-hydrogen) atoms. The average molecular weight is 312 g/mol. The van der Waals surface area contributed by atoms with Crippen LogP contribution in [0, 0.1) is 5.92 Å². The number of hydrogen-bond donors (Lipinski definition) is 2. The van der Waals surface area contributed by atoms with Crippen molar-refractivity contribution in [3.8, 4) is 0 Å². The number of hydrogen-bond acceptors (Lipinski definition) is 5. The molecular weight excluding hydrogens is 299 g/mol. The van der Waals surface area contributed by atoms with E-state index in [9.17, 15) is 18.0 Å². The second kappa shape index (κ2) is 6.21. The lowest BCUT2D eigenvalue weighted by atomic mass is 10.2. The highest BCUT2D eigenvalue weighted by molar-refractivity contribution is 6.28. The van der Waals surface area contributed by atoms with Crippen molar-refractivity contribution in [3.63, 3.8) is 0 Å². The standard InChI is InChI=1S/C10H13ClF3N5O/c1-4(2)6(20)16-9-18-7(11)17-8(19-9)15-5(3)10(12,13)14/h4-5H,1-3H3,(H2,15,16,17,18,19,20). The largest absolute Gasteiger partial charge is 0.408 e. The summed E-state index contributed by atoms with van der Waals surface area (Å²) in [6.07, 6.45) is -4.46. The maximum absolute atomic E-state index is 12.4. The van der Waals surface area contributed by atoms with Gasteiger partial charge in [-0.1, -0.05) is 13.8 Å². The van der Waals surface area contributed by atoms with Crippen LogP contribution in [-0.4, -0.2) is 33.1 Å². The van der Waals surface area contributed by atoms with Gasteiger partial charge in [-0.3, -0.25) is 10.1 Å². The van der Waals surface area contributed by atoms with E-state index in [1.54, 1.807) is 13.8 Å². The summed E-state index contributed by atoms with van der Waals surface area (Å²) in [6, 6.07) is -1.87. The van der Waals surface area contributed by atoms with E-state index in [1.807, 2.05) is 5.32 Å². The van der Waals surface area contributed by atoms with Crippen molar-refractivity contribution < 1.29 is 18.0 Å². The summed E-state index contributed by atoms with van der Waals surface area (Å²) in [6.45, 7) is 4.19. The van der Waals surface area contributed by atoms with Gasteiger partial charge in [-0.25, -0.2) is 0 Å². The Morgan fingerprint density at radius 2 is 1.70 bits per heavy atom. The molecule has 0 aliphatic carbocycles. The molecule has 0 aromatic carbocycles. The summed E-state index contributed by atoms with van der Waals surface area (Å²) in [5.74, 6) is -1.30. The van der Waals surface area contributed by atoms with Crippen molar-refractivity contribution in [3.05, 3.63) is 5.28 Å². The smallest absolute Gasteiger partial charge is 0.343 e. The molecular formula is C10H13ClF3N5O. The minimum atomic E-state index is -4.46. The fraction of sp³-hybridized carbons (Fsp3) is 0.600. The summed E-state index contributed by atoms with van der Waals surface area (Å²) in [5, 5.41) is 4.05. The highest BCUT2D eigenvalue weighted by atomic mass is 35.5. The van der Waals surface area contributed by atoms with Crippen molar-refractivity contribution >= 4 is 29.4 Å². The van der Waals surface area contributed by atoms with Gasteiger partial charge < -0.3 is 5.32 Å². The Morgan fingerprint density at radius 3 is 2.20 bits per heavy atom. The van der Waals surface area contributed by atoms with Crippen molar-refractivity contribution in [2.45, 2.75) is 33.0 Å². The maximum atomic E-state index is 12.4. The topological polar surface area (TPSA) is 79.8 Å². The molecule has 1 aromatic rings. The van der Waals surface area contributed by atoms with Crippen LogP contribution in [0.15, 0.2) is 0 Å². The van der Waals surface area contributed by atoms with Gasteiger partial charge in [-0.05, 0) is 18.5 Å². The van der Waals surface area contributed by atoms with Gasteiger partial charge >= 0.3 is 6.18 Å². The molecule has 0 bridgehead atoms. The monoisotopic (exact) mass is 311 g/mol. The summed E-state index contributed by atoms with van der Waals surface area (Å²) in [7, 11) is 0. The normalized spacial score (nSPS) is 13.2. The van der Waals surface area contributed by atoms with E-state index < -0.39 is 12.2 Å². The van der Waals surface area contributed by atoms with Gasteiger partial charge in [0.1, 0.15) is 6.04 Å². The first-order chi connectivity index (χ1) is 9.09. The molecule has 1 heterocycles. The second-order valence-corrected chi connectivity index (χ2v) is 4.64. The van der Waals surface area contributed by atoms with E-state index in [0.717, 1.165) is 6.92 Å². The number of carbonyl (C=O) groups excluding carboxylic acids is 1. The highest BCUT2D eigenvalue weighted by Crippen LogP contribution is 2.22. The van der Waals surface area contributed by atoms with E-state index >= 15 is 0 Å². The van der Waals surface area contributed by atoms with Crippen LogP contribution in [0.5, 0.6) is 0 Å². The van der Waals surface area contributed by atoms with E-state index in [0.29, 0.717) is 0 Å². The van der Waals surface area contributed by atoms with Gasteiger partial charge in [0.25, 0.3) is 0 Å². The third-order valence-corrected chi connectivity index (χ3v) is 2.37.